The van der Waals surface area contributed by atoms with E-state index >= 15 is 0 Å². The fourth-order valence-electron chi connectivity index (χ4n) is 3.17. The number of aryl methyl sites for hydroxylation is 1. The number of halogens is 2. The smallest absolute Gasteiger partial charge is 0.137 e. The predicted octanol–water partition coefficient (Wildman–Crippen LogP) is 6.98. The molecule has 0 aliphatic rings. The van der Waals surface area contributed by atoms with Crippen LogP contribution >= 0.6 is 23.2 Å². The summed E-state index contributed by atoms with van der Waals surface area (Å²) in [6.45, 7) is 1.38. The Balaban J connectivity index is 1.50. The van der Waals surface area contributed by atoms with E-state index in [-0.39, 0.29) is 0 Å². The number of nitrogens with zero attached hydrogens (tertiary/aromatic N) is 2. The third kappa shape index (κ3) is 4.81. The molecule has 0 saturated heterocycles. The van der Waals surface area contributed by atoms with Crippen LogP contribution in [0.5, 0.6) is 5.75 Å². The van der Waals surface area contributed by atoms with Crippen LogP contribution in [0.2, 0.25) is 10.0 Å². The molecule has 146 valence electrons. The maximum absolute atomic E-state index is 6.16. The van der Waals surface area contributed by atoms with Gasteiger partial charge in [-0.3, -0.25) is 0 Å². The van der Waals surface area contributed by atoms with Crippen LogP contribution in [0.1, 0.15) is 17.8 Å². The van der Waals surface area contributed by atoms with E-state index in [1.54, 1.807) is 0 Å². The van der Waals surface area contributed by atoms with Crippen molar-refractivity contribution >= 4 is 46.4 Å². The summed E-state index contributed by atoms with van der Waals surface area (Å²) in [5, 5.41) is 1.36. The predicted molar refractivity (Wildman–Crippen MR) is 122 cm³/mol. The molecule has 0 fully saturated rings. The molecule has 0 aliphatic carbocycles. The number of aromatic nitrogens is 2. The van der Waals surface area contributed by atoms with Crippen molar-refractivity contribution in [3.05, 3.63) is 94.2 Å². The molecule has 1 aromatic heterocycles. The number of ether oxygens (including phenoxy) is 1. The van der Waals surface area contributed by atoms with Crippen molar-refractivity contribution in [2.24, 2.45) is 0 Å². The number of imidazole rings is 1. The summed E-state index contributed by atoms with van der Waals surface area (Å²) in [5.74, 6) is 1.63. The maximum atomic E-state index is 6.16. The summed E-state index contributed by atoms with van der Waals surface area (Å²) >= 11 is 12.1. The molecule has 4 aromatic rings. The number of hydrogen-bond acceptors (Lipinski definition) is 2. The van der Waals surface area contributed by atoms with Crippen molar-refractivity contribution in [3.63, 3.8) is 0 Å². The van der Waals surface area contributed by atoms with Crippen LogP contribution in [0.15, 0.2) is 72.8 Å². The Bertz CT molecular complexity index is 1130. The first-order valence-corrected chi connectivity index (χ1v) is 10.2. The van der Waals surface area contributed by atoms with E-state index in [4.69, 9.17) is 32.9 Å². The van der Waals surface area contributed by atoms with Crippen LogP contribution in [0.25, 0.3) is 23.2 Å². The molecule has 0 aliphatic heterocycles. The van der Waals surface area contributed by atoms with E-state index in [9.17, 15) is 0 Å². The summed E-state index contributed by atoms with van der Waals surface area (Å²) < 4.78 is 8.05. The lowest BCUT2D eigenvalue weighted by atomic mass is 10.2. The third-order valence-electron chi connectivity index (χ3n) is 4.60. The quantitative estimate of drug-likeness (QED) is 0.300. The SMILES string of the molecule is Clc1ccc(/C=C/c2nc3ccccc3n2CCCOc2ccccc2Cl)cc1. The molecule has 0 atom stereocenters. The molecule has 0 amide bonds. The number of fused-ring (bicyclic) bond motifs is 1. The van der Waals surface area contributed by atoms with Crippen LogP contribution in [0.3, 0.4) is 0 Å². The minimum absolute atomic E-state index is 0.580. The molecule has 0 saturated carbocycles. The van der Waals surface area contributed by atoms with Crippen molar-refractivity contribution in [2.45, 2.75) is 13.0 Å². The zero-order valence-electron chi connectivity index (χ0n) is 15.8. The highest BCUT2D eigenvalue weighted by atomic mass is 35.5. The Hall–Kier alpha value is -2.75. The van der Waals surface area contributed by atoms with Crippen LogP contribution in [-0.2, 0) is 6.54 Å². The first-order valence-electron chi connectivity index (χ1n) is 9.47. The fraction of sp³-hybridized carbons (Fsp3) is 0.125. The standard InChI is InChI=1S/C24H20Cl2N2O/c25-19-13-10-18(11-14-19)12-15-24-27-21-7-2-3-8-22(21)28(24)16-5-17-29-23-9-4-1-6-20(23)26/h1-4,6-15H,5,16-17H2/b15-12+. The van der Waals surface area contributed by atoms with Gasteiger partial charge in [0.2, 0.25) is 0 Å². The van der Waals surface area contributed by atoms with Crippen LogP contribution < -0.4 is 4.74 Å². The normalized spacial score (nSPS) is 11.4. The fourth-order valence-corrected chi connectivity index (χ4v) is 3.48. The van der Waals surface area contributed by atoms with Crippen molar-refractivity contribution in [3.8, 4) is 5.75 Å². The summed E-state index contributed by atoms with van der Waals surface area (Å²) in [6.07, 6.45) is 4.93. The summed E-state index contributed by atoms with van der Waals surface area (Å²) in [6, 6.07) is 23.5. The van der Waals surface area contributed by atoms with E-state index in [0.717, 1.165) is 40.4 Å². The number of para-hydroxylation sites is 3. The van der Waals surface area contributed by atoms with E-state index in [1.165, 1.54) is 0 Å². The van der Waals surface area contributed by atoms with Gasteiger partial charge in [0.1, 0.15) is 11.6 Å². The largest absolute Gasteiger partial charge is 0.492 e. The second-order valence-electron chi connectivity index (χ2n) is 6.63. The van der Waals surface area contributed by atoms with Crippen LogP contribution in [0.4, 0.5) is 0 Å². The van der Waals surface area contributed by atoms with E-state index in [2.05, 4.69) is 10.6 Å². The molecule has 3 nitrogen and oxygen atoms in total. The lowest BCUT2D eigenvalue weighted by Gasteiger charge is -2.10. The minimum atomic E-state index is 0.580. The monoisotopic (exact) mass is 422 g/mol. The molecule has 1 heterocycles. The molecule has 0 bridgehead atoms. The first kappa shape index (κ1) is 19.6. The van der Waals surface area contributed by atoms with Crippen molar-refractivity contribution < 1.29 is 4.74 Å². The average molecular weight is 423 g/mol. The van der Waals surface area contributed by atoms with Crippen molar-refractivity contribution in [1.29, 1.82) is 0 Å². The Morgan fingerprint density at radius 2 is 1.62 bits per heavy atom. The van der Waals surface area contributed by atoms with E-state index < -0.39 is 0 Å². The molecule has 5 heteroatoms. The number of rotatable bonds is 7. The highest BCUT2D eigenvalue weighted by molar-refractivity contribution is 6.32. The summed E-state index contributed by atoms with van der Waals surface area (Å²) in [7, 11) is 0. The minimum Gasteiger partial charge on any atom is -0.492 e. The molecule has 0 radical (unpaired) electrons. The highest BCUT2D eigenvalue weighted by Crippen LogP contribution is 2.24. The second-order valence-corrected chi connectivity index (χ2v) is 7.47. The molecule has 0 spiro atoms. The zero-order valence-corrected chi connectivity index (χ0v) is 17.3. The van der Waals surface area contributed by atoms with Gasteiger partial charge in [-0.1, -0.05) is 65.7 Å². The Morgan fingerprint density at radius 3 is 2.45 bits per heavy atom. The van der Waals surface area contributed by atoms with Gasteiger partial charge in [-0.2, -0.15) is 0 Å². The van der Waals surface area contributed by atoms with Gasteiger partial charge < -0.3 is 9.30 Å². The third-order valence-corrected chi connectivity index (χ3v) is 5.16. The highest BCUT2D eigenvalue weighted by Gasteiger charge is 2.08. The van der Waals surface area contributed by atoms with E-state index in [0.29, 0.717) is 17.4 Å². The van der Waals surface area contributed by atoms with Gasteiger partial charge in [0.25, 0.3) is 0 Å². The van der Waals surface area contributed by atoms with Gasteiger partial charge in [-0.15, -0.1) is 0 Å². The summed E-state index contributed by atoms with van der Waals surface area (Å²) in [5.41, 5.74) is 3.17. The van der Waals surface area contributed by atoms with Gasteiger partial charge in [0.15, 0.2) is 0 Å². The Morgan fingerprint density at radius 1 is 0.862 bits per heavy atom. The Labute approximate surface area is 180 Å². The molecule has 29 heavy (non-hydrogen) atoms. The van der Waals surface area contributed by atoms with Gasteiger partial charge >= 0.3 is 0 Å². The van der Waals surface area contributed by atoms with E-state index in [1.807, 2.05) is 78.9 Å². The maximum Gasteiger partial charge on any atom is 0.137 e. The molecular formula is C24H20Cl2N2O. The summed E-state index contributed by atoms with van der Waals surface area (Å²) in [4.78, 5) is 4.78. The van der Waals surface area contributed by atoms with Gasteiger partial charge in [0.05, 0.1) is 22.7 Å². The number of benzene rings is 3. The molecule has 3 aromatic carbocycles. The first-order chi connectivity index (χ1) is 14.2. The molecule has 4 rings (SSSR count). The molecular weight excluding hydrogens is 403 g/mol. The lowest BCUT2D eigenvalue weighted by Crippen LogP contribution is -2.06. The van der Waals surface area contributed by atoms with Crippen LogP contribution in [0, 0.1) is 0 Å². The Kier molecular flexibility index (Phi) is 6.18. The topological polar surface area (TPSA) is 27.1 Å². The zero-order chi connectivity index (χ0) is 20.1. The molecule has 0 unspecified atom stereocenters. The average Bonchev–Trinajstić information content (AvgIpc) is 3.09. The van der Waals surface area contributed by atoms with Crippen molar-refractivity contribution in [1.82, 2.24) is 9.55 Å². The van der Waals surface area contributed by atoms with Gasteiger partial charge in [-0.25, -0.2) is 4.98 Å². The number of hydrogen-bond donors (Lipinski definition) is 0. The second kappa shape index (κ2) is 9.17. The van der Waals surface area contributed by atoms with Gasteiger partial charge in [-0.05, 0) is 54.5 Å². The molecule has 0 N–H and O–H groups in total. The van der Waals surface area contributed by atoms with Gasteiger partial charge in [0, 0.05) is 11.6 Å². The van der Waals surface area contributed by atoms with Crippen LogP contribution in [-0.4, -0.2) is 16.2 Å². The van der Waals surface area contributed by atoms with Crippen molar-refractivity contribution in [2.75, 3.05) is 6.61 Å². The lowest BCUT2D eigenvalue weighted by molar-refractivity contribution is 0.302.